The van der Waals surface area contributed by atoms with Gasteiger partial charge in [-0.1, -0.05) is 11.6 Å². The van der Waals surface area contributed by atoms with Gasteiger partial charge in [0.1, 0.15) is 18.7 Å². The summed E-state index contributed by atoms with van der Waals surface area (Å²) in [7, 11) is 0. The molecule has 1 fully saturated rings. The molecule has 1 aromatic heterocycles. The van der Waals surface area contributed by atoms with E-state index in [2.05, 4.69) is 5.32 Å². The Hall–Kier alpha value is -1.56. The second kappa shape index (κ2) is 8.21. The molecule has 2 N–H and O–H groups in total. The van der Waals surface area contributed by atoms with Gasteiger partial charge < -0.3 is 19.4 Å². The third kappa shape index (κ3) is 4.35. The summed E-state index contributed by atoms with van der Waals surface area (Å²) in [6, 6.07) is 1.93. The summed E-state index contributed by atoms with van der Waals surface area (Å²) in [6.45, 7) is 9.53. The summed E-state index contributed by atoms with van der Waals surface area (Å²) in [4.78, 5) is 13.8. The third-order valence-corrected chi connectivity index (χ3v) is 5.46. The van der Waals surface area contributed by atoms with E-state index in [1.807, 2.05) is 19.9 Å². The van der Waals surface area contributed by atoms with Crippen LogP contribution in [0, 0.1) is 13.8 Å². The van der Waals surface area contributed by atoms with Crippen molar-refractivity contribution in [2.45, 2.75) is 26.7 Å². The van der Waals surface area contributed by atoms with Crippen LogP contribution < -0.4 is 10.2 Å². The minimum absolute atomic E-state index is 0.0239. The molecule has 0 bridgehead atoms. The van der Waals surface area contributed by atoms with Crippen LogP contribution in [-0.4, -0.2) is 45.3 Å². The van der Waals surface area contributed by atoms with E-state index in [9.17, 15) is 4.79 Å². The van der Waals surface area contributed by atoms with E-state index in [-0.39, 0.29) is 5.91 Å². The number of morpholine rings is 1. The molecule has 0 aliphatic carbocycles. The Bertz CT molecular complexity index is 751. The Morgan fingerprint density at radius 1 is 1.32 bits per heavy atom. The summed E-state index contributed by atoms with van der Waals surface area (Å²) in [5.74, 6) is 0.0239. The molecule has 136 valence electrons. The Labute approximate surface area is 153 Å². The Morgan fingerprint density at radius 2 is 2.08 bits per heavy atom. The van der Waals surface area contributed by atoms with Crippen LogP contribution in [0.3, 0.4) is 0 Å². The maximum Gasteiger partial charge on any atom is 0.224 e. The summed E-state index contributed by atoms with van der Waals surface area (Å²) >= 11 is 6.34. The topological polar surface area (TPSA) is 55.9 Å². The molecular formula is C19H26ClN2O3+. The van der Waals surface area contributed by atoms with E-state index in [1.54, 1.807) is 11.2 Å². The fourth-order valence-corrected chi connectivity index (χ4v) is 3.60. The van der Waals surface area contributed by atoms with Crippen LogP contribution in [0.2, 0.25) is 5.02 Å². The summed E-state index contributed by atoms with van der Waals surface area (Å²) in [5.41, 5.74) is 3.65. The Balaban J connectivity index is 1.53. The molecule has 1 amide bonds. The largest absolute Gasteiger partial charge is 0.464 e. The van der Waals surface area contributed by atoms with E-state index < -0.39 is 0 Å². The number of carbonyl (C=O) groups is 1. The monoisotopic (exact) mass is 365 g/mol. The lowest BCUT2D eigenvalue weighted by atomic mass is 10.0. The number of hydrogen-bond donors (Lipinski definition) is 2. The molecule has 2 aromatic rings. The minimum Gasteiger partial charge on any atom is -0.464 e. The number of nitrogens with one attached hydrogen (secondary N) is 2. The van der Waals surface area contributed by atoms with Crippen molar-refractivity contribution in [3.05, 3.63) is 34.0 Å². The van der Waals surface area contributed by atoms with Crippen LogP contribution in [0.15, 0.2) is 16.7 Å². The number of fused-ring (bicyclic) bond motifs is 1. The van der Waals surface area contributed by atoms with Crippen LogP contribution in [0.1, 0.15) is 23.1 Å². The normalized spacial score (nSPS) is 15.6. The first kappa shape index (κ1) is 18.2. The summed E-state index contributed by atoms with van der Waals surface area (Å²) in [6.07, 6.45) is 2.97. The molecule has 3 rings (SSSR count). The van der Waals surface area contributed by atoms with Crippen molar-refractivity contribution in [3.63, 3.8) is 0 Å². The highest BCUT2D eigenvalue weighted by molar-refractivity contribution is 6.33. The summed E-state index contributed by atoms with van der Waals surface area (Å²) in [5, 5.41) is 4.71. The fourth-order valence-electron chi connectivity index (χ4n) is 3.45. The van der Waals surface area contributed by atoms with Gasteiger partial charge in [0.05, 0.1) is 32.4 Å². The SMILES string of the molecule is Cc1cc2occ(CC(=O)NCCC[NH+]3CCOCC3)c2c(C)c1Cl. The van der Waals surface area contributed by atoms with Crippen molar-refractivity contribution in [1.82, 2.24) is 5.32 Å². The molecule has 0 unspecified atom stereocenters. The molecule has 1 saturated heterocycles. The predicted molar refractivity (Wildman–Crippen MR) is 98.4 cm³/mol. The number of furan rings is 1. The van der Waals surface area contributed by atoms with Gasteiger partial charge in [0.15, 0.2) is 0 Å². The first-order chi connectivity index (χ1) is 12.1. The zero-order valence-electron chi connectivity index (χ0n) is 14.9. The highest BCUT2D eigenvalue weighted by Crippen LogP contribution is 2.32. The highest BCUT2D eigenvalue weighted by atomic mass is 35.5. The van der Waals surface area contributed by atoms with Gasteiger partial charge in [-0.2, -0.15) is 0 Å². The zero-order valence-corrected chi connectivity index (χ0v) is 15.7. The maximum absolute atomic E-state index is 12.3. The van der Waals surface area contributed by atoms with E-state index >= 15 is 0 Å². The lowest BCUT2D eigenvalue weighted by Gasteiger charge is -2.23. The molecule has 6 heteroatoms. The van der Waals surface area contributed by atoms with E-state index in [0.29, 0.717) is 13.0 Å². The van der Waals surface area contributed by atoms with Gasteiger partial charge in [0, 0.05) is 28.9 Å². The molecule has 1 aromatic carbocycles. The zero-order chi connectivity index (χ0) is 17.8. The standard InChI is InChI=1S/C19H25ClN2O3/c1-13-10-16-18(14(2)19(13)20)15(12-25-16)11-17(23)21-4-3-5-22-6-8-24-9-7-22/h10,12H,3-9,11H2,1-2H3,(H,21,23)/p+1. The number of quaternary nitrogens is 1. The molecule has 0 spiro atoms. The third-order valence-electron chi connectivity index (χ3n) is 4.87. The van der Waals surface area contributed by atoms with Gasteiger partial charge in [-0.15, -0.1) is 0 Å². The van der Waals surface area contributed by atoms with E-state index in [4.69, 9.17) is 20.8 Å². The molecule has 0 saturated carbocycles. The smallest absolute Gasteiger partial charge is 0.224 e. The number of rotatable bonds is 6. The van der Waals surface area contributed by atoms with Crippen LogP contribution in [0.4, 0.5) is 0 Å². The average molecular weight is 366 g/mol. The van der Waals surface area contributed by atoms with Crippen LogP contribution in [0.25, 0.3) is 11.0 Å². The minimum atomic E-state index is 0.0239. The van der Waals surface area contributed by atoms with Crippen LogP contribution >= 0.6 is 11.6 Å². The van der Waals surface area contributed by atoms with Crippen molar-refractivity contribution in [1.29, 1.82) is 0 Å². The molecule has 5 nitrogen and oxygen atoms in total. The van der Waals surface area contributed by atoms with Crippen molar-refractivity contribution < 1.29 is 18.8 Å². The maximum atomic E-state index is 12.3. The van der Waals surface area contributed by atoms with Gasteiger partial charge in [-0.05, 0) is 31.0 Å². The molecule has 1 aliphatic heterocycles. The average Bonchev–Trinajstić information content (AvgIpc) is 3.00. The lowest BCUT2D eigenvalue weighted by Crippen LogP contribution is -3.14. The number of carbonyl (C=O) groups excluding carboxylic acids is 1. The molecule has 0 atom stereocenters. The van der Waals surface area contributed by atoms with Gasteiger partial charge >= 0.3 is 0 Å². The second-order valence-corrected chi connectivity index (χ2v) is 7.14. The fraction of sp³-hybridized carbons (Fsp3) is 0.526. The number of hydrogen-bond acceptors (Lipinski definition) is 3. The molecule has 2 heterocycles. The molecule has 0 radical (unpaired) electrons. The second-order valence-electron chi connectivity index (χ2n) is 6.76. The first-order valence-electron chi connectivity index (χ1n) is 8.90. The number of halogens is 1. The number of benzene rings is 1. The first-order valence-corrected chi connectivity index (χ1v) is 9.28. The number of ether oxygens (including phenoxy) is 1. The molecule has 1 aliphatic rings. The predicted octanol–water partition coefficient (Wildman–Crippen LogP) is 1.67. The summed E-state index contributed by atoms with van der Waals surface area (Å²) < 4.78 is 11.0. The van der Waals surface area contributed by atoms with Gasteiger partial charge in [-0.3, -0.25) is 4.79 Å². The van der Waals surface area contributed by atoms with Crippen LogP contribution in [0.5, 0.6) is 0 Å². The highest BCUT2D eigenvalue weighted by Gasteiger charge is 2.16. The van der Waals surface area contributed by atoms with Gasteiger partial charge in [0.25, 0.3) is 0 Å². The lowest BCUT2D eigenvalue weighted by molar-refractivity contribution is -0.908. The van der Waals surface area contributed by atoms with Crippen molar-refractivity contribution in [2.75, 3.05) is 39.4 Å². The molecular weight excluding hydrogens is 340 g/mol. The molecule has 25 heavy (non-hydrogen) atoms. The Kier molecular flexibility index (Phi) is 5.99. The van der Waals surface area contributed by atoms with Crippen molar-refractivity contribution >= 4 is 28.5 Å². The van der Waals surface area contributed by atoms with Gasteiger partial charge in [-0.25, -0.2) is 0 Å². The number of aryl methyl sites for hydroxylation is 2. The van der Waals surface area contributed by atoms with E-state index in [0.717, 1.165) is 72.0 Å². The van der Waals surface area contributed by atoms with Crippen molar-refractivity contribution in [2.24, 2.45) is 0 Å². The van der Waals surface area contributed by atoms with E-state index in [1.165, 1.54) is 0 Å². The quantitative estimate of drug-likeness (QED) is 0.766. The number of amides is 1. The van der Waals surface area contributed by atoms with Crippen LogP contribution in [-0.2, 0) is 16.0 Å². The Morgan fingerprint density at radius 3 is 2.84 bits per heavy atom. The van der Waals surface area contributed by atoms with Gasteiger partial charge in [0.2, 0.25) is 5.91 Å². The van der Waals surface area contributed by atoms with Crippen molar-refractivity contribution in [3.8, 4) is 0 Å².